The molecule has 0 spiro atoms. The molecular formula is C38H46FN3O4. The summed E-state index contributed by atoms with van der Waals surface area (Å²) in [5.41, 5.74) is 1.65. The number of hydrogen-bond donors (Lipinski definition) is 2. The van der Waals surface area contributed by atoms with E-state index >= 15 is 0 Å². The summed E-state index contributed by atoms with van der Waals surface area (Å²) in [5, 5.41) is 10.9. The van der Waals surface area contributed by atoms with E-state index in [2.05, 4.69) is 29.4 Å². The largest absolute Gasteiger partial charge is 0.378 e. The Labute approximate surface area is 270 Å². The van der Waals surface area contributed by atoms with Gasteiger partial charge < -0.3 is 10.1 Å². The van der Waals surface area contributed by atoms with E-state index < -0.39 is 11.7 Å². The van der Waals surface area contributed by atoms with Gasteiger partial charge in [-0.2, -0.15) is 5.10 Å². The first-order valence-electron chi connectivity index (χ1n) is 17.3. The molecule has 3 aromatic rings. The third kappa shape index (κ3) is 5.50. The predicted molar refractivity (Wildman–Crippen MR) is 175 cm³/mol. The first-order chi connectivity index (χ1) is 22.2. The monoisotopic (exact) mass is 627 g/mol. The fourth-order valence-corrected chi connectivity index (χ4v) is 10.2. The second-order valence-corrected chi connectivity index (χ2v) is 15.0. The van der Waals surface area contributed by atoms with Crippen LogP contribution in [-0.4, -0.2) is 41.1 Å². The second kappa shape index (κ2) is 12.3. The van der Waals surface area contributed by atoms with E-state index in [0.717, 1.165) is 48.5 Å². The molecule has 4 saturated carbocycles. The van der Waals surface area contributed by atoms with Crippen molar-refractivity contribution in [1.82, 2.24) is 15.5 Å². The van der Waals surface area contributed by atoms with Crippen molar-refractivity contribution in [3.8, 4) is 0 Å². The Morgan fingerprint density at radius 3 is 2.65 bits per heavy atom. The van der Waals surface area contributed by atoms with Crippen molar-refractivity contribution in [2.45, 2.75) is 90.6 Å². The maximum Gasteiger partial charge on any atom is 0.272 e. The molecule has 7 rings (SSSR count). The number of nitrogens with zero attached hydrogens (tertiary/aromatic N) is 1. The fraction of sp³-hybridized carbons (Fsp3) is 0.579. The van der Waals surface area contributed by atoms with Crippen molar-refractivity contribution >= 4 is 22.5 Å². The zero-order chi connectivity index (χ0) is 32.1. The Kier molecular flexibility index (Phi) is 8.37. The molecular weight excluding hydrogens is 581 g/mol. The van der Waals surface area contributed by atoms with Gasteiger partial charge in [-0.25, -0.2) is 9.49 Å². The van der Waals surface area contributed by atoms with Gasteiger partial charge in [-0.1, -0.05) is 38.1 Å². The van der Waals surface area contributed by atoms with Crippen LogP contribution in [0.3, 0.4) is 0 Å². The van der Waals surface area contributed by atoms with Crippen molar-refractivity contribution in [2.24, 2.45) is 34.5 Å². The number of hydrogen-bond acceptors (Lipinski definition) is 5. The molecule has 0 saturated heterocycles. The van der Waals surface area contributed by atoms with E-state index in [1.54, 1.807) is 24.3 Å². The molecule has 1 aromatic heterocycles. The van der Waals surface area contributed by atoms with Gasteiger partial charge in [-0.3, -0.25) is 14.4 Å². The molecule has 8 heteroatoms. The second-order valence-electron chi connectivity index (χ2n) is 15.0. The lowest BCUT2D eigenvalue weighted by Crippen LogP contribution is -2.54. The lowest BCUT2D eigenvalue weighted by molar-refractivity contribution is -0.145. The highest BCUT2D eigenvalue weighted by Crippen LogP contribution is 2.66. The Hall–Kier alpha value is -3.39. The molecule has 1 heterocycles. The summed E-state index contributed by atoms with van der Waals surface area (Å²) in [7, 11) is 0. The third-order valence-corrected chi connectivity index (χ3v) is 12.7. The van der Waals surface area contributed by atoms with Crippen molar-refractivity contribution in [3.05, 3.63) is 75.5 Å². The molecule has 7 nitrogen and oxygen atoms in total. The number of aromatic amines is 1. The number of H-pyrrole nitrogens is 1. The summed E-state index contributed by atoms with van der Waals surface area (Å²) in [6, 6.07) is 11.8. The molecule has 4 fully saturated rings. The molecule has 244 valence electrons. The normalized spacial score (nSPS) is 32.1. The van der Waals surface area contributed by atoms with Gasteiger partial charge in [0.05, 0.1) is 22.7 Å². The number of amides is 1. The molecule has 0 unspecified atom stereocenters. The van der Waals surface area contributed by atoms with Crippen molar-refractivity contribution in [2.75, 3.05) is 13.2 Å². The zero-order valence-corrected chi connectivity index (χ0v) is 27.1. The van der Waals surface area contributed by atoms with Crippen LogP contribution in [-0.2, 0) is 16.0 Å². The molecule has 7 atom stereocenters. The van der Waals surface area contributed by atoms with Crippen LogP contribution in [0.2, 0.25) is 0 Å². The van der Waals surface area contributed by atoms with Gasteiger partial charge in [-0.05, 0) is 110 Å². The maximum absolute atomic E-state index is 14.7. The van der Waals surface area contributed by atoms with Crippen LogP contribution in [0.25, 0.3) is 10.8 Å². The predicted octanol–water partition coefficient (Wildman–Crippen LogP) is 6.77. The average molecular weight is 628 g/mol. The summed E-state index contributed by atoms with van der Waals surface area (Å²) in [4.78, 5) is 37.4. The van der Waals surface area contributed by atoms with Gasteiger partial charge in [0.2, 0.25) is 0 Å². The van der Waals surface area contributed by atoms with E-state index in [-0.39, 0.29) is 22.6 Å². The van der Waals surface area contributed by atoms with E-state index in [0.29, 0.717) is 60.1 Å². The minimum Gasteiger partial charge on any atom is -0.378 e. The maximum atomic E-state index is 14.7. The van der Waals surface area contributed by atoms with E-state index in [9.17, 15) is 18.8 Å². The molecule has 0 radical (unpaired) electrons. The molecule has 4 aliphatic carbocycles. The highest BCUT2D eigenvalue weighted by Gasteiger charge is 2.60. The number of ether oxygens (including phenoxy) is 1. The van der Waals surface area contributed by atoms with Gasteiger partial charge in [0.1, 0.15) is 11.6 Å². The molecule has 0 aliphatic heterocycles. The minimum absolute atomic E-state index is 0.000743. The highest BCUT2D eigenvalue weighted by atomic mass is 19.1. The van der Waals surface area contributed by atoms with Crippen LogP contribution in [0.15, 0.2) is 47.3 Å². The smallest absolute Gasteiger partial charge is 0.272 e. The number of nitrogens with one attached hydrogen (secondary N) is 2. The SMILES string of the molecule is C[C@]12CCC(=O)C[C@@H]1CC[C@@H]1[C@@H]2CC[C@]2(C)[C@@H](OCCCNC(=O)c3cc(Cc4n[nH]c(=O)c5ccccc45)ccc3F)CC[C@@H]12. The number of aromatic nitrogens is 2. The number of fused-ring (bicyclic) bond motifs is 6. The number of benzene rings is 2. The van der Waals surface area contributed by atoms with Crippen LogP contribution < -0.4 is 10.9 Å². The summed E-state index contributed by atoms with van der Waals surface area (Å²) in [5.74, 6) is 2.19. The average Bonchev–Trinajstić information content (AvgIpc) is 3.39. The number of carbonyl (C=O) groups is 2. The van der Waals surface area contributed by atoms with Crippen molar-refractivity contribution < 1.29 is 18.7 Å². The quantitative estimate of drug-likeness (QED) is 0.269. The molecule has 46 heavy (non-hydrogen) atoms. The Balaban J connectivity index is 0.920. The van der Waals surface area contributed by atoms with E-state index in [1.807, 2.05) is 12.1 Å². The zero-order valence-electron chi connectivity index (χ0n) is 27.1. The lowest BCUT2D eigenvalue weighted by atomic mass is 9.45. The van der Waals surface area contributed by atoms with Gasteiger partial charge in [0, 0.05) is 37.8 Å². The van der Waals surface area contributed by atoms with Crippen LogP contribution in [0.1, 0.15) is 99.7 Å². The summed E-state index contributed by atoms with van der Waals surface area (Å²) < 4.78 is 21.3. The fourth-order valence-electron chi connectivity index (χ4n) is 10.2. The molecule has 1 amide bonds. The summed E-state index contributed by atoms with van der Waals surface area (Å²) in [6.07, 6.45) is 11.1. The van der Waals surface area contributed by atoms with Crippen molar-refractivity contribution in [3.63, 3.8) is 0 Å². The van der Waals surface area contributed by atoms with E-state index in [4.69, 9.17) is 4.74 Å². The minimum atomic E-state index is -0.569. The molecule has 2 N–H and O–H groups in total. The van der Waals surface area contributed by atoms with Crippen LogP contribution >= 0.6 is 0 Å². The number of rotatable bonds is 8. The molecule has 4 aliphatic rings. The highest BCUT2D eigenvalue weighted by molar-refractivity contribution is 5.94. The Bertz CT molecular complexity index is 1700. The summed E-state index contributed by atoms with van der Waals surface area (Å²) in [6.45, 7) is 5.92. The molecule has 0 bridgehead atoms. The standard InChI is InChI=1S/C38H46FN3O4/c1-37-16-14-25(43)22-24(37)9-10-28-30-11-13-34(38(30,2)17-15-31(28)37)46-19-5-18-40-35(44)29-20-23(8-12-32(29)39)21-33-26-6-3-4-7-27(26)36(45)42-41-33/h3-4,6-8,12,20,24,28,30-31,34H,5,9-11,13-19,21-22H2,1-2H3,(H,40,44)(H,42,45)/t24-,28-,30-,31-,34-,37-,38-/m0/s1. The van der Waals surface area contributed by atoms with Gasteiger partial charge >= 0.3 is 0 Å². The topological polar surface area (TPSA) is 101 Å². The van der Waals surface area contributed by atoms with Crippen LogP contribution in [0.4, 0.5) is 4.39 Å². The Morgan fingerprint density at radius 1 is 1.00 bits per heavy atom. The van der Waals surface area contributed by atoms with Crippen LogP contribution in [0.5, 0.6) is 0 Å². The van der Waals surface area contributed by atoms with Gasteiger partial charge in [0.25, 0.3) is 11.5 Å². The number of ketones is 1. The number of carbonyl (C=O) groups excluding carboxylic acids is 2. The lowest BCUT2D eigenvalue weighted by Gasteiger charge is -2.60. The molecule has 2 aromatic carbocycles. The number of Topliss-reactive ketones (excluding diaryl/α,β-unsaturated/α-hetero) is 1. The first-order valence-corrected chi connectivity index (χ1v) is 17.3. The van der Waals surface area contributed by atoms with Gasteiger partial charge in [-0.15, -0.1) is 0 Å². The summed E-state index contributed by atoms with van der Waals surface area (Å²) >= 11 is 0. The van der Waals surface area contributed by atoms with Crippen LogP contribution in [0, 0.1) is 40.3 Å². The van der Waals surface area contributed by atoms with Crippen molar-refractivity contribution in [1.29, 1.82) is 0 Å². The van der Waals surface area contributed by atoms with E-state index in [1.165, 1.54) is 38.2 Å². The first kappa shape index (κ1) is 31.2. The number of halogens is 1. The Morgan fingerprint density at radius 2 is 1.80 bits per heavy atom. The van der Waals surface area contributed by atoms with Gasteiger partial charge in [0.15, 0.2) is 0 Å². The third-order valence-electron chi connectivity index (χ3n) is 12.7.